The molecule has 6 heteroatoms. The molecule has 0 N–H and O–H groups in total. The number of hydrogen-bond donors (Lipinski definition) is 0. The summed E-state index contributed by atoms with van der Waals surface area (Å²) in [6, 6.07) is 31.3. The van der Waals surface area contributed by atoms with E-state index in [2.05, 4.69) is 122 Å². The zero-order valence-electron chi connectivity index (χ0n) is 28.3. The van der Waals surface area contributed by atoms with Gasteiger partial charge in [0.25, 0.3) is 0 Å². The van der Waals surface area contributed by atoms with Crippen LogP contribution in [0.3, 0.4) is 0 Å². The van der Waals surface area contributed by atoms with Crippen molar-refractivity contribution >= 4 is 23.2 Å². The fraction of sp³-hybridized carbons (Fsp3) is 0.475. The van der Waals surface area contributed by atoms with Gasteiger partial charge < -0.3 is 19.1 Å². The Morgan fingerprint density at radius 1 is 0.761 bits per heavy atom. The van der Waals surface area contributed by atoms with Crippen molar-refractivity contribution in [3.8, 4) is 0 Å². The number of rotatable bonds is 10. The summed E-state index contributed by atoms with van der Waals surface area (Å²) in [5.41, 5.74) is 4.89. The summed E-state index contributed by atoms with van der Waals surface area (Å²) >= 11 is 6.26. The first-order chi connectivity index (χ1) is 22.3. The van der Waals surface area contributed by atoms with E-state index in [-0.39, 0.29) is 6.04 Å². The fourth-order valence-electron chi connectivity index (χ4n) is 8.35. The Morgan fingerprint density at radius 2 is 1.33 bits per heavy atom. The molecule has 3 aromatic carbocycles. The van der Waals surface area contributed by atoms with E-state index in [1.807, 2.05) is 12.1 Å². The van der Waals surface area contributed by atoms with Crippen molar-refractivity contribution in [2.45, 2.75) is 89.4 Å². The summed E-state index contributed by atoms with van der Waals surface area (Å²) < 4.78 is 7.07. The molecule has 4 atom stereocenters. The highest BCUT2D eigenvalue weighted by Crippen LogP contribution is 2.46. The molecule has 0 amide bonds. The second-order valence-corrected chi connectivity index (χ2v) is 14.5. The zero-order valence-corrected chi connectivity index (χ0v) is 29.0. The molecular formula is C40H51ClN4O. The van der Waals surface area contributed by atoms with Crippen LogP contribution >= 0.6 is 11.6 Å². The SMILES string of the molecule is CC1CCCC(C)N1c1oc(C(C2CCC(C(c3ccc(Cl)cc3)N(C)C)CC2)N(C)c2ccccc2)nc1Cc1ccccc1. The van der Waals surface area contributed by atoms with Gasteiger partial charge in [-0.05, 0) is 120 Å². The van der Waals surface area contributed by atoms with E-state index in [0.29, 0.717) is 30.0 Å². The summed E-state index contributed by atoms with van der Waals surface area (Å²) in [4.78, 5) is 12.8. The highest BCUT2D eigenvalue weighted by Gasteiger charge is 2.39. The second-order valence-electron chi connectivity index (χ2n) is 14.0. The summed E-state index contributed by atoms with van der Waals surface area (Å²) in [5, 5.41) is 0.794. The Hall–Kier alpha value is -3.28. The van der Waals surface area contributed by atoms with Crippen molar-refractivity contribution < 1.29 is 4.42 Å². The van der Waals surface area contributed by atoms with Crippen molar-refractivity contribution in [1.82, 2.24) is 9.88 Å². The first kappa shape index (κ1) is 32.7. The van der Waals surface area contributed by atoms with E-state index < -0.39 is 0 Å². The Kier molecular flexibility index (Phi) is 10.4. The van der Waals surface area contributed by atoms with Gasteiger partial charge in [-0.15, -0.1) is 0 Å². The van der Waals surface area contributed by atoms with Crippen LogP contribution in [0, 0.1) is 11.8 Å². The van der Waals surface area contributed by atoms with Crippen LogP contribution in [-0.4, -0.2) is 43.1 Å². The normalized spacial score (nSPS) is 23.3. The summed E-state index contributed by atoms with van der Waals surface area (Å²) in [6.07, 6.45) is 9.00. The van der Waals surface area contributed by atoms with E-state index in [1.54, 1.807) is 0 Å². The Balaban J connectivity index is 1.34. The molecule has 5 nitrogen and oxygen atoms in total. The summed E-state index contributed by atoms with van der Waals surface area (Å²) in [6.45, 7) is 4.70. The van der Waals surface area contributed by atoms with Crippen LogP contribution in [0.1, 0.15) is 93.6 Å². The predicted molar refractivity (Wildman–Crippen MR) is 192 cm³/mol. The first-order valence-electron chi connectivity index (χ1n) is 17.3. The molecule has 46 heavy (non-hydrogen) atoms. The van der Waals surface area contributed by atoms with Gasteiger partial charge in [-0.25, -0.2) is 4.98 Å². The van der Waals surface area contributed by atoms with Gasteiger partial charge in [0, 0.05) is 42.3 Å². The topological polar surface area (TPSA) is 35.8 Å². The lowest BCUT2D eigenvalue weighted by molar-refractivity contribution is 0.135. The lowest BCUT2D eigenvalue weighted by Crippen LogP contribution is -2.44. The van der Waals surface area contributed by atoms with Crippen LogP contribution in [-0.2, 0) is 6.42 Å². The third-order valence-electron chi connectivity index (χ3n) is 10.6. The molecule has 2 fully saturated rings. The van der Waals surface area contributed by atoms with Crippen LogP contribution in [0.2, 0.25) is 5.02 Å². The van der Waals surface area contributed by atoms with Gasteiger partial charge in [0.1, 0.15) is 11.7 Å². The molecule has 0 bridgehead atoms. The highest BCUT2D eigenvalue weighted by atomic mass is 35.5. The Bertz CT molecular complexity index is 1500. The van der Waals surface area contributed by atoms with Gasteiger partial charge in [0.05, 0.1) is 0 Å². The molecule has 1 aliphatic heterocycles. The van der Waals surface area contributed by atoms with Crippen LogP contribution < -0.4 is 9.80 Å². The van der Waals surface area contributed by atoms with Gasteiger partial charge in [0.2, 0.25) is 11.8 Å². The molecule has 0 radical (unpaired) electrons. The third kappa shape index (κ3) is 7.16. The molecule has 6 rings (SSSR count). The second kappa shape index (κ2) is 14.6. The molecule has 1 aliphatic carbocycles. The number of oxazole rings is 1. The monoisotopic (exact) mass is 638 g/mol. The fourth-order valence-corrected chi connectivity index (χ4v) is 8.48. The molecule has 4 unspecified atom stereocenters. The molecule has 1 saturated heterocycles. The maximum absolute atomic E-state index is 7.07. The average molecular weight is 639 g/mol. The minimum Gasteiger partial charge on any atom is -0.423 e. The van der Waals surface area contributed by atoms with E-state index in [9.17, 15) is 0 Å². The van der Waals surface area contributed by atoms with Gasteiger partial charge in [-0.1, -0.05) is 72.3 Å². The van der Waals surface area contributed by atoms with E-state index >= 15 is 0 Å². The molecule has 2 aliphatic rings. The van der Waals surface area contributed by atoms with Crippen LogP contribution in [0.15, 0.2) is 89.3 Å². The number of anilines is 2. The van der Waals surface area contributed by atoms with Crippen molar-refractivity contribution in [3.05, 3.63) is 113 Å². The van der Waals surface area contributed by atoms with Crippen LogP contribution in [0.4, 0.5) is 11.6 Å². The summed E-state index contributed by atoms with van der Waals surface area (Å²) in [5.74, 6) is 2.86. The quantitative estimate of drug-likeness (QED) is 0.173. The van der Waals surface area contributed by atoms with Crippen molar-refractivity contribution in [2.75, 3.05) is 30.9 Å². The third-order valence-corrected chi connectivity index (χ3v) is 10.9. The number of aromatic nitrogens is 1. The molecule has 2 heterocycles. The molecule has 0 spiro atoms. The lowest BCUT2D eigenvalue weighted by atomic mass is 9.73. The van der Waals surface area contributed by atoms with Crippen molar-refractivity contribution in [1.29, 1.82) is 0 Å². The summed E-state index contributed by atoms with van der Waals surface area (Å²) in [7, 11) is 6.65. The van der Waals surface area contributed by atoms with Gasteiger partial charge in [-0.2, -0.15) is 0 Å². The number of hydrogen-bond acceptors (Lipinski definition) is 5. The zero-order chi connectivity index (χ0) is 32.2. The number of para-hydroxylation sites is 1. The van der Waals surface area contributed by atoms with Crippen LogP contribution in [0.5, 0.6) is 0 Å². The molecule has 1 saturated carbocycles. The Morgan fingerprint density at radius 3 is 1.91 bits per heavy atom. The Labute approximate surface area is 281 Å². The smallest absolute Gasteiger partial charge is 0.220 e. The minimum absolute atomic E-state index is 0.0513. The largest absolute Gasteiger partial charge is 0.423 e. The number of nitrogens with zero attached hydrogens (tertiary/aromatic N) is 4. The van der Waals surface area contributed by atoms with E-state index in [1.165, 1.54) is 48.9 Å². The number of halogens is 1. The van der Waals surface area contributed by atoms with Gasteiger partial charge in [0.15, 0.2) is 0 Å². The highest BCUT2D eigenvalue weighted by molar-refractivity contribution is 6.30. The standard InChI is InChI=1S/C40H51ClN4O/c1-28-13-12-14-29(2)45(28)40-36(27-30-15-8-6-9-16-30)42-39(46-40)38(44(5)35-17-10-7-11-18-35)33-21-19-31(20-22-33)37(43(3)4)32-23-25-34(41)26-24-32/h6-11,15-18,23-26,28-29,31,33,37-38H,12-14,19-22,27H2,1-5H3. The maximum Gasteiger partial charge on any atom is 0.220 e. The van der Waals surface area contributed by atoms with E-state index in [0.717, 1.165) is 41.8 Å². The molecule has 1 aromatic heterocycles. The first-order valence-corrected chi connectivity index (χ1v) is 17.7. The number of benzene rings is 3. The van der Waals surface area contributed by atoms with Gasteiger partial charge >= 0.3 is 0 Å². The maximum atomic E-state index is 7.07. The van der Waals surface area contributed by atoms with E-state index in [4.69, 9.17) is 21.0 Å². The molecule has 4 aromatic rings. The lowest BCUT2D eigenvalue weighted by Gasteiger charge is -2.41. The molecular weight excluding hydrogens is 588 g/mol. The number of piperidine rings is 1. The van der Waals surface area contributed by atoms with Crippen molar-refractivity contribution in [3.63, 3.8) is 0 Å². The van der Waals surface area contributed by atoms with Crippen LogP contribution in [0.25, 0.3) is 0 Å². The van der Waals surface area contributed by atoms with Gasteiger partial charge in [-0.3, -0.25) is 0 Å². The van der Waals surface area contributed by atoms with Crippen molar-refractivity contribution in [2.24, 2.45) is 11.8 Å². The average Bonchev–Trinajstić information content (AvgIpc) is 3.45. The predicted octanol–water partition coefficient (Wildman–Crippen LogP) is 9.97. The molecule has 244 valence electrons. The minimum atomic E-state index is 0.0513.